The quantitative estimate of drug-likeness (QED) is 0.459. The number of nitrogens with one attached hydrogen (secondary N) is 1. The minimum absolute atomic E-state index is 0.362. The molecule has 2 fully saturated rings. The first kappa shape index (κ1) is 14.9. The van der Waals surface area contributed by atoms with Crippen LogP contribution in [0.5, 0.6) is 0 Å². The second kappa shape index (κ2) is 4.78. The lowest BCUT2D eigenvalue weighted by Gasteiger charge is -2.43. The molecule has 0 aromatic carbocycles. The molecule has 20 heavy (non-hydrogen) atoms. The van der Waals surface area contributed by atoms with Gasteiger partial charge in [0, 0.05) is 4.75 Å². The molecular weight excluding hydrogens is 282 g/mol. The van der Waals surface area contributed by atoms with Crippen molar-refractivity contribution >= 4 is 29.5 Å². The van der Waals surface area contributed by atoms with Crippen LogP contribution >= 0.6 is 11.8 Å². The van der Waals surface area contributed by atoms with Crippen molar-refractivity contribution < 1.29 is 19.5 Å². The maximum atomic E-state index is 12.1. The largest absolute Gasteiger partial charge is 0.480 e. The van der Waals surface area contributed by atoms with Crippen LogP contribution in [0.4, 0.5) is 0 Å². The van der Waals surface area contributed by atoms with Crippen LogP contribution in [0.1, 0.15) is 13.8 Å². The van der Waals surface area contributed by atoms with Crippen molar-refractivity contribution in [1.82, 2.24) is 10.2 Å². The molecule has 2 aliphatic heterocycles. The maximum absolute atomic E-state index is 12.1. The number of carbonyl (C=O) groups excluding carboxylic acids is 2. The van der Waals surface area contributed by atoms with Gasteiger partial charge in [-0.2, -0.15) is 0 Å². The lowest BCUT2D eigenvalue weighted by Crippen LogP contribution is -2.71. The molecule has 0 aromatic rings. The summed E-state index contributed by atoms with van der Waals surface area (Å²) < 4.78 is -0.605. The van der Waals surface area contributed by atoms with Gasteiger partial charge < -0.3 is 21.1 Å². The van der Waals surface area contributed by atoms with Crippen molar-refractivity contribution in [2.45, 2.75) is 42.1 Å². The third-order valence-electron chi connectivity index (χ3n) is 3.53. The van der Waals surface area contributed by atoms with E-state index in [2.05, 4.69) is 11.9 Å². The van der Waals surface area contributed by atoms with Crippen molar-refractivity contribution in [3.63, 3.8) is 0 Å². The number of β-lactam (4-membered cyclic amide) rings is 1. The smallest absolute Gasteiger partial charge is 0.327 e. The van der Waals surface area contributed by atoms with Crippen LogP contribution in [0.2, 0.25) is 0 Å². The lowest BCUT2D eigenvalue weighted by molar-refractivity contribution is -0.161. The second-order valence-corrected chi connectivity index (χ2v) is 7.12. The number of fused-ring (bicyclic) bond motifs is 1. The number of carboxylic acids is 1. The molecule has 2 amide bonds. The molecule has 0 spiro atoms. The monoisotopic (exact) mass is 299 g/mol. The fourth-order valence-electron chi connectivity index (χ4n) is 2.50. The van der Waals surface area contributed by atoms with E-state index in [1.165, 1.54) is 22.7 Å². The number of thioether (sulfide) groups is 1. The van der Waals surface area contributed by atoms with Gasteiger partial charge in [-0.25, -0.2) is 4.79 Å². The molecule has 8 heteroatoms. The van der Waals surface area contributed by atoms with Crippen LogP contribution in [0.25, 0.3) is 0 Å². The molecule has 2 heterocycles. The van der Waals surface area contributed by atoms with E-state index in [-0.39, 0.29) is 11.3 Å². The maximum Gasteiger partial charge on any atom is 0.327 e. The predicted octanol–water partition coefficient (Wildman–Crippen LogP) is -0.869. The molecule has 2 aliphatic rings. The van der Waals surface area contributed by atoms with Gasteiger partial charge in [0.1, 0.15) is 23.5 Å². The number of rotatable bonds is 4. The van der Waals surface area contributed by atoms with Crippen molar-refractivity contribution in [2.75, 3.05) is 0 Å². The number of nitrogens with zero attached hydrogens (tertiary/aromatic N) is 1. The molecule has 1 unspecified atom stereocenters. The third kappa shape index (κ3) is 2.08. The van der Waals surface area contributed by atoms with E-state index in [1.54, 1.807) is 13.8 Å². The van der Waals surface area contributed by atoms with Crippen molar-refractivity contribution in [2.24, 2.45) is 5.73 Å². The molecule has 0 bridgehead atoms. The molecule has 0 aromatic heterocycles. The van der Waals surface area contributed by atoms with Gasteiger partial charge >= 0.3 is 5.97 Å². The summed E-state index contributed by atoms with van der Waals surface area (Å²) in [7, 11) is 0. The van der Waals surface area contributed by atoms with Gasteiger partial charge in [-0.05, 0) is 13.8 Å². The van der Waals surface area contributed by atoms with Crippen LogP contribution in [-0.4, -0.2) is 56.0 Å². The van der Waals surface area contributed by atoms with Crippen molar-refractivity contribution in [3.05, 3.63) is 12.7 Å². The summed E-state index contributed by atoms with van der Waals surface area (Å²) in [6.07, 6.45) is 1.28. The summed E-state index contributed by atoms with van der Waals surface area (Å²) in [5.41, 5.74) is 5.50. The van der Waals surface area contributed by atoms with Gasteiger partial charge in [0.25, 0.3) is 0 Å². The van der Waals surface area contributed by atoms with Crippen LogP contribution in [0.15, 0.2) is 12.7 Å². The second-order valence-electron chi connectivity index (χ2n) is 5.35. The van der Waals surface area contributed by atoms with E-state index in [0.717, 1.165) is 0 Å². The van der Waals surface area contributed by atoms with E-state index in [4.69, 9.17) is 5.73 Å². The van der Waals surface area contributed by atoms with Crippen LogP contribution < -0.4 is 11.1 Å². The number of carbonyl (C=O) groups is 3. The average Bonchev–Trinajstić information content (AvgIpc) is 2.63. The number of hydrogen-bond acceptors (Lipinski definition) is 5. The summed E-state index contributed by atoms with van der Waals surface area (Å²) in [6.45, 7) is 6.96. The van der Waals surface area contributed by atoms with E-state index in [0.29, 0.717) is 0 Å². The molecule has 7 nitrogen and oxygen atoms in total. The SMILES string of the molecule is C=CC(N)C(=O)N[C@@H]1C(=O)N2[C@@H]1SC(C)(C)[C@@H]2C(=O)O. The first-order chi connectivity index (χ1) is 9.20. The van der Waals surface area contributed by atoms with E-state index in [1.807, 2.05) is 0 Å². The van der Waals surface area contributed by atoms with Gasteiger partial charge in [-0.1, -0.05) is 6.08 Å². The summed E-state index contributed by atoms with van der Waals surface area (Å²) in [5, 5.41) is 11.4. The predicted molar refractivity (Wildman–Crippen MR) is 73.8 cm³/mol. The van der Waals surface area contributed by atoms with Crippen LogP contribution in [-0.2, 0) is 14.4 Å². The van der Waals surface area contributed by atoms with E-state index in [9.17, 15) is 19.5 Å². The Morgan fingerprint density at radius 3 is 2.70 bits per heavy atom. The molecule has 0 aliphatic carbocycles. The Morgan fingerprint density at radius 1 is 1.60 bits per heavy atom. The van der Waals surface area contributed by atoms with Gasteiger partial charge in [-0.3, -0.25) is 9.59 Å². The minimum Gasteiger partial charge on any atom is -0.480 e. The Labute approximate surface area is 120 Å². The Bertz CT molecular complexity index is 493. The third-order valence-corrected chi connectivity index (χ3v) is 5.10. The standard InChI is InChI=1S/C12H17N3O4S/c1-4-5(13)8(16)14-6-9(17)15-7(11(18)19)12(2,3)20-10(6)15/h4-7,10H,1,13H2,2-3H3,(H,14,16)(H,18,19)/t5?,6-,7+,10-/m1/s1. The van der Waals surface area contributed by atoms with Gasteiger partial charge in [0.05, 0.1) is 0 Å². The first-order valence-corrected chi connectivity index (χ1v) is 7.00. The van der Waals surface area contributed by atoms with Gasteiger partial charge in [0.15, 0.2) is 0 Å². The highest BCUT2D eigenvalue weighted by Crippen LogP contribution is 2.50. The minimum atomic E-state index is -1.04. The Hall–Kier alpha value is -1.54. The number of hydrogen-bond donors (Lipinski definition) is 3. The highest BCUT2D eigenvalue weighted by Gasteiger charge is 2.64. The van der Waals surface area contributed by atoms with Crippen LogP contribution in [0.3, 0.4) is 0 Å². The Kier molecular flexibility index (Phi) is 3.55. The number of aliphatic carboxylic acids is 1. The molecular formula is C12H17N3O4S. The number of amides is 2. The zero-order chi connectivity index (χ0) is 15.2. The number of carboxylic acid groups (broad SMARTS) is 1. The molecule has 4 atom stereocenters. The van der Waals surface area contributed by atoms with E-state index >= 15 is 0 Å². The fourth-order valence-corrected chi connectivity index (χ4v) is 4.13. The number of nitrogens with two attached hydrogens (primary N) is 1. The van der Waals surface area contributed by atoms with Crippen molar-refractivity contribution in [3.8, 4) is 0 Å². The highest BCUT2D eigenvalue weighted by molar-refractivity contribution is 8.01. The molecule has 2 rings (SSSR count). The molecule has 0 saturated carbocycles. The average molecular weight is 299 g/mol. The van der Waals surface area contributed by atoms with Crippen LogP contribution in [0, 0.1) is 0 Å². The highest BCUT2D eigenvalue weighted by atomic mass is 32.2. The molecule has 0 radical (unpaired) electrons. The summed E-state index contributed by atoms with van der Waals surface area (Å²) in [6, 6.07) is -2.49. The topological polar surface area (TPSA) is 113 Å². The van der Waals surface area contributed by atoms with Gasteiger partial charge in [0.2, 0.25) is 11.8 Å². The molecule has 2 saturated heterocycles. The Morgan fingerprint density at radius 2 is 2.20 bits per heavy atom. The normalized spacial score (nSPS) is 32.0. The fraction of sp³-hybridized carbons (Fsp3) is 0.583. The first-order valence-electron chi connectivity index (χ1n) is 6.12. The molecule has 4 N–H and O–H groups in total. The van der Waals surface area contributed by atoms with Crippen molar-refractivity contribution in [1.29, 1.82) is 0 Å². The summed E-state index contributed by atoms with van der Waals surface area (Å²) >= 11 is 1.37. The molecule has 110 valence electrons. The summed E-state index contributed by atoms with van der Waals surface area (Å²) in [5.74, 6) is -1.91. The van der Waals surface area contributed by atoms with E-state index < -0.39 is 34.7 Å². The summed E-state index contributed by atoms with van der Waals surface area (Å²) in [4.78, 5) is 36.4. The lowest BCUT2D eigenvalue weighted by atomic mass is 9.96. The van der Waals surface area contributed by atoms with Gasteiger partial charge in [-0.15, -0.1) is 18.3 Å². The zero-order valence-electron chi connectivity index (χ0n) is 11.2. The Balaban J connectivity index is 2.13. The zero-order valence-corrected chi connectivity index (χ0v) is 12.0.